The zero-order chi connectivity index (χ0) is 15.7. The molecule has 0 amide bonds. The van der Waals surface area contributed by atoms with Gasteiger partial charge in [0, 0.05) is 9.79 Å². The van der Waals surface area contributed by atoms with E-state index in [2.05, 4.69) is 26.0 Å². The number of carboxylic acids is 1. The van der Waals surface area contributed by atoms with Crippen molar-refractivity contribution in [3.8, 4) is 6.07 Å². The number of carboxylic acid groups (broad SMARTS) is 1. The van der Waals surface area contributed by atoms with Crippen LogP contribution in [0.2, 0.25) is 0 Å². The topological polar surface area (TPSA) is 61.1 Å². The predicted octanol–water partition coefficient (Wildman–Crippen LogP) is 4.46. The summed E-state index contributed by atoms with van der Waals surface area (Å²) >= 11 is 3.54. The van der Waals surface area contributed by atoms with Crippen LogP contribution in [0.25, 0.3) is 6.08 Å². The van der Waals surface area contributed by atoms with Crippen molar-refractivity contribution in [1.82, 2.24) is 0 Å². The number of carbonyl (C=O) groups is 1. The molecule has 0 unspecified atom stereocenters. The lowest BCUT2D eigenvalue weighted by Crippen LogP contribution is -1.96. The Hall–Kier alpha value is -1.64. The quantitative estimate of drug-likeness (QED) is 0.348. The van der Waals surface area contributed by atoms with Crippen LogP contribution in [-0.4, -0.2) is 22.6 Å². The van der Waals surface area contributed by atoms with Gasteiger partial charge in [-0.15, -0.1) is 23.5 Å². The van der Waals surface area contributed by atoms with Crippen molar-refractivity contribution >= 4 is 35.6 Å². The van der Waals surface area contributed by atoms with Crippen molar-refractivity contribution in [2.45, 2.75) is 23.6 Å². The highest BCUT2D eigenvalue weighted by Gasteiger charge is 2.04. The fourth-order valence-electron chi connectivity index (χ4n) is 1.59. The van der Waals surface area contributed by atoms with Crippen LogP contribution >= 0.6 is 23.5 Å². The van der Waals surface area contributed by atoms with Crippen molar-refractivity contribution in [1.29, 1.82) is 5.26 Å². The second kappa shape index (κ2) is 9.32. The number of nitrogens with zero attached hydrogens (tertiary/aromatic N) is 1. The largest absolute Gasteiger partial charge is 0.477 e. The highest BCUT2D eigenvalue weighted by molar-refractivity contribution is 8.00. The van der Waals surface area contributed by atoms with Gasteiger partial charge in [-0.25, -0.2) is 4.79 Å². The van der Waals surface area contributed by atoms with E-state index < -0.39 is 5.97 Å². The molecule has 0 bridgehead atoms. The first-order valence-corrected chi connectivity index (χ1v) is 8.50. The molecule has 1 aromatic carbocycles. The SMILES string of the molecule is CCSc1ccc(C=CC=C(C#N)C(=O)O)c(SCC)c1. The molecule has 1 rings (SSSR count). The number of allylic oxidation sites excluding steroid dienone is 2. The van der Waals surface area contributed by atoms with E-state index in [0.717, 1.165) is 22.0 Å². The van der Waals surface area contributed by atoms with E-state index in [4.69, 9.17) is 10.4 Å². The van der Waals surface area contributed by atoms with Crippen LogP contribution in [0.15, 0.2) is 45.7 Å². The third-order valence-electron chi connectivity index (χ3n) is 2.49. The van der Waals surface area contributed by atoms with Crippen molar-refractivity contribution in [2.75, 3.05) is 11.5 Å². The Morgan fingerprint density at radius 2 is 2.05 bits per heavy atom. The summed E-state index contributed by atoms with van der Waals surface area (Å²) in [6.45, 7) is 4.21. The summed E-state index contributed by atoms with van der Waals surface area (Å²) in [4.78, 5) is 13.1. The standard InChI is InChI=1S/C16H17NO2S2/c1-3-20-14-9-8-12(15(10-14)21-4-2)6-5-7-13(11-17)16(18)19/h5-10H,3-4H2,1-2H3,(H,18,19). The molecule has 1 N–H and O–H groups in total. The summed E-state index contributed by atoms with van der Waals surface area (Å²) in [5, 5.41) is 17.5. The summed E-state index contributed by atoms with van der Waals surface area (Å²) in [6.07, 6.45) is 4.75. The average molecular weight is 319 g/mol. The molecule has 0 aliphatic rings. The van der Waals surface area contributed by atoms with Crippen LogP contribution in [0, 0.1) is 11.3 Å². The molecular formula is C16H17NO2S2. The molecule has 5 heteroatoms. The number of nitriles is 1. The Morgan fingerprint density at radius 3 is 2.62 bits per heavy atom. The van der Waals surface area contributed by atoms with Crippen molar-refractivity contribution < 1.29 is 9.90 Å². The van der Waals surface area contributed by atoms with Gasteiger partial charge in [0.1, 0.15) is 11.6 Å². The minimum absolute atomic E-state index is 0.269. The van der Waals surface area contributed by atoms with E-state index >= 15 is 0 Å². The first kappa shape index (κ1) is 17.4. The van der Waals surface area contributed by atoms with Gasteiger partial charge < -0.3 is 5.11 Å². The molecule has 0 aliphatic heterocycles. The molecule has 0 aliphatic carbocycles. The maximum absolute atomic E-state index is 10.7. The Bertz CT molecular complexity index is 601. The fraction of sp³-hybridized carbons (Fsp3) is 0.250. The van der Waals surface area contributed by atoms with Crippen LogP contribution < -0.4 is 0 Å². The van der Waals surface area contributed by atoms with E-state index in [1.165, 1.54) is 11.0 Å². The maximum atomic E-state index is 10.7. The molecule has 3 nitrogen and oxygen atoms in total. The minimum atomic E-state index is -1.21. The number of aliphatic carboxylic acids is 1. The zero-order valence-corrected chi connectivity index (χ0v) is 13.6. The Kier molecular flexibility index (Phi) is 7.73. The third kappa shape index (κ3) is 5.70. The molecule has 0 spiro atoms. The lowest BCUT2D eigenvalue weighted by molar-refractivity contribution is -0.132. The first-order chi connectivity index (χ1) is 10.1. The van der Waals surface area contributed by atoms with Crippen LogP contribution in [-0.2, 0) is 4.79 Å². The highest BCUT2D eigenvalue weighted by atomic mass is 32.2. The van der Waals surface area contributed by atoms with Crippen LogP contribution in [0.1, 0.15) is 19.4 Å². The lowest BCUT2D eigenvalue weighted by Gasteiger charge is -2.07. The molecule has 0 atom stereocenters. The highest BCUT2D eigenvalue weighted by Crippen LogP contribution is 2.29. The van der Waals surface area contributed by atoms with Crippen molar-refractivity contribution in [2.24, 2.45) is 0 Å². The molecular weight excluding hydrogens is 302 g/mol. The summed E-state index contributed by atoms with van der Waals surface area (Å²) < 4.78 is 0. The lowest BCUT2D eigenvalue weighted by atomic mass is 10.2. The molecule has 0 aromatic heterocycles. The normalized spacial score (nSPS) is 11.6. The summed E-state index contributed by atoms with van der Waals surface area (Å²) in [5.41, 5.74) is 0.760. The van der Waals surface area contributed by atoms with Gasteiger partial charge in [0.25, 0.3) is 0 Å². The van der Waals surface area contributed by atoms with E-state index in [9.17, 15) is 4.79 Å². The maximum Gasteiger partial charge on any atom is 0.346 e. The second-order valence-corrected chi connectivity index (χ2v) is 6.57. The predicted molar refractivity (Wildman–Crippen MR) is 89.6 cm³/mol. The summed E-state index contributed by atoms with van der Waals surface area (Å²) in [6, 6.07) is 7.88. The first-order valence-electron chi connectivity index (χ1n) is 6.53. The van der Waals surface area contributed by atoms with E-state index in [0.29, 0.717) is 0 Å². The van der Waals surface area contributed by atoms with Crippen LogP contribution in [0.5, 0.6) is 0 Å². The minimum Gasteiger partial charge on any atom is -0.477 e. The van der Waals surface area contributed by atoms with E-state index in [1.807, 2.05) is 12.1 Å². The molecule has 0 saturated heterocycles. The van der Waals surface area contributed by atoms with E-state index in [1.54, 1.807) is 35.7 Å². The molecule has 110 valence electrons. The summed E-state index contributed by atoms with van der Waals surface area (Å²) in [5.74, 6) is 0.786. The second-order valence-electron chi connectivity index (χ2n) is 3.92. The number of hydrogen-bond acceptors (Lipinski definition) is 4. The molecule has 0 radical (unpaired) electrons. The third-order valence-corrected chi connectivity index (χ3v) is 4.31. The Balaban J connectivity index is 3.02. The number of thioether (sulfide) groups is 2. The molecule has 0 saturated carbocycles. The van der Waals surface area contributed by atoms with Crippen molar-refractivity contribution in [3.05, 3.63) is 41.5 Å². The molecule has 0 fully saturated rings. The van der Waals surface area contributed by atoms with Gasteiger partial charge >= 0.3 is 5.97 Å². The number of benzene rings is 1. The van der Waals surface area contributed by atoms with Gasteiger partial charge in [0.15, 0.2) is 0 Å². The number of rotatable bonds is 7. The zero-order valence-electron chi connectivity index (χ0n) is 12.0. The van der Waals surface area contributed by atoms with Gasteiger partial charge in [-0.05, 0) is 35.3 Å². The van der Waals surface area contributed by atoms with Crippen LogP contribution in [0.4, 0.5) is 0 Å². The molecule has 1 aromatic rings. The smallest absolute Gasteiger partial charge is 0.346 e. The Morgan fingerprint density at radius 1 is 1.33 bits per heavy atom. The van der Waals surface area contributed by atoms with Gasteiger partial charge in [-0.2, -0.15) is 5.26 Å². The van der Waals surface area contributed by atoms with Gasteiger partial charge in [0.2, 0.25) is 0 Å². The van der Waals surface area contributed by atoms with Crippen LogP contribution in [0.3, 0.4) is 0 Å². The Labute approximate surface area is 133 Å². The van der Waals surface area contributed by atoms with Crippen molar-refractivity contribution in [3.63, 3.8) is 0 Å². The van der Waals surface area contributed by atoms with Gasteiger partial charge in [0.05, 0.1) is 0 Å². The monoisotopic (exact) mass is 319 g/mol. The van der Waals surface area contributed by atoms with Gasteiger partial charge in [-0.3, -0.25) is 0 Å². The number of hydrogen-bond donors (Lipinski definition) is 1. The summed E-state index contributed by atoms with van der Waals surface area (Å²) in [7, 11) is 0. The molecule has 21 heavy (non-hydrogen) atoms. The average Bonchev–Trinajstić information content (AvgIpc) is 2.45. The molecule has 0 heterocycles. The van der Waals surface area contributed by atoms with Gasteiger partial charge in [-0.1, -0.05) is 32.1 Å². The van der Waals surface area contributed by atoms with E-state index in [-0.39, 0.29) is 5.57 Å². The fourth-order valence-corrected chi connectivity index (χ4v) is 3.19.